The Balaban J connectivity index is 2.17. The number of phenolic OH excluding ortho intramolecular Hbond substituents is 1. The second-order valence-electron chi connectivity index (χ2n) is 5.91. The normalized spacial score (nSPS) is 17.8. The van der Waals surface area contributed by atoms with Gasteiger partial charge < -0.3 is 15.3 Å². The summed E-state index contributed by atoms with van der Waals surface area (Å²) in [6.45, 7) is 4.03. The predicted molar refractivity (Wildman–Crippen MR) is 93.8 cm³/mol. The summed E-state index contributed by atoms with van der Waals surface area (Å²) in [6.07, 6.45) is 3.45. The minimum atomic E-state index is -3.36. The number of anilines is 1. The molecule has 2 amide bonds. The van der Waals surface area contributed by atoms with Gasteiger partial charge in [-0.05, 0) is 37.1 Å². The number of piperidine rings is 1. The van der Waals surface area contributed by atoms with E-state index in [2.05, 4.69) is 16.6 Å². The second-order valence-corrected chi connectivity index (χ2v) is 7.69. The van der Waals surface area contributed by atoms with Crippen LogP contribution in [-0.2, 0) is 14.8 Å². The SMILES string of the molecule is C=CC(=O)Nc1ccc(O)c(C(=O)N2CCC[C@H](NS(C)(=O)=O)C2)c1. The standard InChI is InChI=1S/C16H21N3O5S/c1-3-15(21)17-11-6-7-14(20)13(9-11)16(22)19-8-4-5-12(10-19)18-25(2,23)24/h3,6-7,9,12,18,20H,1,4-5,8,10H2,2H3,(H,17,21)/t12-/m0/s1. The quantitative estimate of drug-likeness (QED) is 0.523. The van der Waals surface area contributed by atoms with Gasteiger partial charge in [-0.15, -0.1) is 0 Å². The molecule has 0 aliphatic carbocycles. The predicted octanol–water partition coefficient (Wildman–Crippen LogP) is 0.670. The lowest BCUT2D eigenvalue weighted by atomic mass is 10.0. The zero-order chi connectivity index (χ0) is 18.6. The number of amides is 2. The summed E-state index contributed by atoms with van der Waals surface area (Å²) in [7, 11) is -3.36. The van der Waals surface area contributed by atoms with Crippen LogP contribution in [0.2, 0.25) is 0 Å². The van der Waals surface area contributed by atoms with Crippen LogP contribution < -0.4 is 10.0 Å². The first-order valence-corrected chi connectivity index (χ1v) is 9.62. The van der Waals surface area contributed by atoms with Crippen LogP contribution in [-0.4, -0.2) is 55.6 Å². The van der Waals surface area contributed by atoms with Gasteiger partial charge in [0, 0.05) is 24.8 Å². The Morgan fingerprint density at radius 2 is 2.12 bits per heavy atom. The molecular weight excluding hydrogens is 346 g/mol. The van der Waals surface area contributed by atoms with Gasteiger partial charge in [0.15, 0.2) is 0 Å². The Labute approximate surface area is 146 Å². The molecule has 1 aliphatic rings. The first-order chi connectivity index (χ1) is 11.7. The highest BCUT2D eigenvalue weighted by atomic mass is 32.2. The van der Waals surface area contributed by atoms with Gasteiger partial charge in [0.1, 0.15) is 5.75 Å². The van der Waals surface area contributed by atoms with E-state index in [9.17, 15) is 23.1 Å². The number of aromatic hydroxyl groups is 1. The summed E-state index contributed by atoms with van der Waals surface area (Å²) in [5.41, 5.74) is 0.399. The van der Waals surface area contributed by atoms with E-state index in [-0.39, 0.29) is 23.9 Å². The maximum atomic E-state index is 12.7. The van der Waals surface area contributed by atoms with E-state index < -0.39 is 21.8 Å². The topological polar surface area (TPSA) is 116 Å². The third kappa shape index (κ3) is 5.30. The maximum absolute atomic E-state index is 12.7. The van der Waals surface area contributed by atoms with Gasteiger partial charge in [0.25, 0.3) is 5.91 Å². The molecule has 8 nitrogen and oxygen atoms in total. The van der Waals surface area contributed by atoms with Crippen molar-refractivity contribution >= 4 is 27.5 Å². The molecule has 1 aliphatic heterocycles. The first kappa shape index (κ1) is 18.9. The zero-order valence-electron chi connectivity index (χ0n) is 13.9. The van der Waals surface area contributed by atoms with Crippen LogP contribution in [0.25, 0.3) is 0 Å². The molecule has 1 aromatic rings. The minimum Gasteiger partial charge on any atom is -0.507 e. The number of nitrogens with zero attached hydrogens (tertiary/aromatic N) is 1. The third-order valence-corrected chi connectivity index (χ3v) is 4.53. The Hall–Kier alpha value is -2.39. The lowest BCUT2D eigenvalue weighted by Gasteiger charge is -2.33. The van der Waals surface area contributed by atoms with Crippen molar-refractivity contribution in [2.24, 2.45) is 0 Å². The van der Waals surface area contributed by atoms with E-state index in [1.807, 2.05) is 0 Å². The zero-order valence-corrected chi connectivity index (χ0v) is 14.7. The van der Waals surface area contributed by atoms with Crippen LogP contribution >= 0.6 is 0 Å². The van der Waals surface area contributed by atoms with Crippen molar-refractivity contribution in [2.45, 2.75) is 18.9 Å². The summed E-state index contributed by atoms with van der Waals surface area (Å²) in [5, 5.41) is 12.5. The Bertz CT molecular complexity index is 791. The van der Waals surface area contributed by atoms with Crippen molar-refractivity contribution in [3.8, 4) is 5.75 Å². The highest BCUT2D eigenvalue weighted by Gasteiger charge is 2.27. The molecule has 9 heteroatoms. The molecule has 25 heavy (non-hydrogen) atoms. The number of likely N-dealkylation sites (tertiary alicyclic amines) is 1. The van der Waals surface area contributed by atoms with Crippen molar-refractivity contribution in [1.29, 1.82) is 0 Å². The molecule has 136 valence electrons. The van der Waals surface area contributed by atoms with Gasteiger partial charge in [-0.3, -0.25) is 9.59 Å². The van der Waals surface area contributed by atoms with Crippen molar-refractivity contribution in [3.05, 3.63) is 36.4 Å². The van der Waals surface area contributed by atoms with E-state index in [4.69, 9.17) is 0 Å². The Morgan fingerprint density at radius 1 is 1.40 bits per heavy atom. The van der Waals surface area contributed by atoms with Gasteiger partial charge in [-0.2, -0.15) is 0 Å². The molecule has 1 aromatic carbocycles. The number of nitrogens with one attached hydrogen (secondary N) is 2. The Morgan fingerprint density at radius 3 is 2.76 bits per heavy atom. The number of hydrogen-bond donors (Lipinski definition) is 3. The lowest BCUT2D eigenvalue weighted by molar-refractivity contribution is -0.111. The van der Waals surface area contributed by atoms with Crippen LogP contribution in [0.15, 0.2) is 30.9 Å². The third-order valence-electron chi connectivity index (χ3n) is 3.77. The molecule has 1 saturated heterocycles. The van der Waals surface area contributed by atoms with E-state index >= 15 is 0 Å². The number of hydrogen-bond acceptors (Lipinski definition) is 5. The summed E-state index contributed by atoms with van der Waals surface area (Å²) in [5.74, 6) is -1.06. The fourth-order valence-electron chi connectivity index (χ4n) is 2.71. The molecule has 0 radical (unpaired) electrons. The lowest BCUT2D eigenvalue weighted by Crippen LogP contribution is -2.49. The average Bonchev–Trinajstić information content (AvgIpc) is 2.54. The molecule has 1 heterocycles. The highest BCUT2D eigenvalue weighted by Crippen LogP contribution is 2.24. The van der Waals surface area contributed by atoms with Gasteiger partial charge in [0.2, 0.25) is 15.9 Å². The van der Waals surface area contributed by atoms with Crippen LogP contribution in [0.3, 0.4) is 0 Å². The van der Waals surface area contributed by atoms with Crippen molar-refractivity contribution in [3.63, 3.8) is 0 Å². The molecule has 0 spiro atoms. The largest absolute Gasteiger partial charge is 0.507 e. The fraction of sp³-hybridized carbons (Fsp3) is 0.375. The molecule has 1 atom stereocenters. The van der Waals surface area contributed by atoms with Crippen molar-refractivity contribution in [2.75, 3.05) is 24.7 Å². The van der Waals surface area contributed by atoms with Gasteiger partial charge in [-0.25, -0.2) is 13.1 Å². The Kier molecular flexibility index (Phi) is 5.81. The number of sulfonamides is 1. The van der Waals surface area contributed by atoms with E-state index in [0.717, 1.165) is 12.3 Å². The number of carbonyl (C=O) groups is 2. The van der Waals surface area contributed by atoms with Crippen molar-refractivity contribution < 1.29 is 23.1 Å². The second kappa shape index (κ2) is 7.66. The van der Waals surface area contributed by atoms with Crippen molar-refractivity contribution in [1.82, 2.24) is 9.62 Å². The minimum absolute atomic E-state index is 0.0434. The van der Waals surface area contributed by atoms with E-state index in [0.29, 0.717) is 25.1 Å². The van der Waals surface area contributed by atoms with E-state index in [1.54, 1.807) is 0 Å². The molecule has 0 unspecified atom stereocenters. The fourth-order valence-corrected chi connectivity index (χ4v) is 3.51. The van der Waals surface area contributed by atoms with Crippen LogP contribution in [0, 0.1) is 0 Å². The summed E-state index contributed by atoms with van der Waals surface area (Å²) < 4.78 is 25.2. The number of carbonyl (C=O) groups excluding carboxylic acids is 2. The smallest absolute Gasteiger partial charge is 0.257 e. The highest BCUT2D eigenvalue weighted by molar-refractivity contribution is 7.88. The van der Waals surface area contributed by atoms with E-state index in [1.165, 1.54) is 23.1 Å². The summed E-state index contributed by atoms with van der Waals surface area (Å²) in [4.78, 5) is 25.6. The first-order valence-electron chi connectivity index (χ1n) is 7.72. The molecular formula is C16H21N3O5S. The van der Waals surface area contributed by atoms with Gasteiger partial charge >= 0.3 is 0 Å². The summed E-state index contributed by atoms with van der Waals surface area (Å²) in [6, 6.07) is 3.81. The molecule has 0 bridgehead atoms. The maximum Gasteiger partial charge on any atom is 0.257 e. The van der Waals surface area contributed by atoms with Crippen LogP contribution in [0.4, 0.5) is 5.69 Å². The molecule has 0 saturated carbocycles. The molecule has 2 rings (SSSR count). The monoisotopic (exact) mass is 367 g/mol. The summed E-state index contributed by atoms with van der Waals surface area (Å²) >= 11 is 0. The average molecular weight is 367 g/mol. The van der Waals surface area contributed by atoms with Gasteiger partial charge in [-0.1, -0.05) is 6.58 Å². The number of benzene rings is 1. The van der Waals surface area contributed by atoms with Crippen LogP contribution in [0.1, 0.15) is 23.2 Å². The van der Waals surface area contributed by atoms with Crippen LogP contribution in [0.5, 0.6) is 5.75 Å². The molecule has 0 aromatic heterocycles. The number of rotatable bonds is 5. The molecule has 1 fully saturated rings. The molecule has 3 N–H and O–H groups in total. The number of phenols is 1. The van der Waals surface area contributed by atoms with Gasteiger partial charge in [0.05, 0.1) is 11.8 Å².